The predicted octanol–water partition coefficient (Wildman–Crippen LogP) is 2.80. The van der Waals surface area contributed by atoms with E-state index >= 15 is 0 Å². The van der Waals surface area contributed by atoms with Gasteiger partial charge in [-0.3, -0.25) is 0 Å². The second-order valence-electron chi connectivity index (χ2n) is 5.02. The first-order chi connectivity index (χ1) is 6.96. The molecule has 3 nitrogen and oxygen atoms in total. The summed E-state index contributed by atoms with van der Waals surface area (Å²) in [6.45, 7) is 8.84. The Balaban J connectivity index is 2.71. The Morgan fingerprint density at radius 2 is 2.00 bits per heavy atom. The molecule has 0 radical (unpaired) electrons. The standard InChI is InChI=1S/C11H21N3S/c1-6-8(12-5)10-14-13-9(15-10)7-11(2,3)4/h8,12H,6-7H2,1-5H3. The molecule has 0 aromatic carbocycles. The lowest BCUT2D eigenvalue weighted by molar-refractivity contribution is 0.409. The smallest absolute Gasteiger partial charge is 0.134 e. The first-order valence-corrected chi connectivity index (χ1v) is 6.27. The van der Waals surface area contributed by atoms with Crippen LogP contribution in [0.25, 0.3) is 0 Å². The average Bonchev–Trinajstić information content (AvgIpc) is 2.52. The van der Waals surface area contributed by atoms with Crippen molar-refractivity contribution in [3.63, 3.8) is 0 Å². The monoisotopic (exact) mass is 227 g/mol. The third-order valence-electron chi connectivity index (χ3n) is 2.22. The molecule has 0 spiro atoms. The van der Waals surface area contributed by atoms with Crippen molar-refractivity contribution in [1.29, 1.82) is 0 Å². The summed E-state index contributed by atoms with van der Waals surface area (Å²) in [6.07, 6.45) is 2.06. The van der Waals surface area contributed by atoms with Crippen LogP contribution in [0.2, 0.25) is 0 Å². The van der Waals surface area contributed by atoms with Crippen LogP contribution in [-0.2, 0) is 6.42 Å². The minimum Gasteiger partial charge on any atom is -0.311 e. The molecule has 1 N–H and O–H groups in total. The molecule has 0 saturated carbocycles. The second-order valence-corrected chi connectivity index (χ2v) is 6.11. The van der Waals surface area contributed by atoms with Gasteiger partial charge in [-0.2, -0.15) is 0 Å². The van der Waals surface area contributed by atoms with E-state index in [4.69, 9.17) is 0 Å². The first-order valence-electron chi connectivity index (χ1n) is 5.46. The Bertz CT molecular complexity index is 297. The maximum absolute atomic E-state index is 4.25. The van der Waals surface area contributed by atoms with Crippen molar-refractivity contribution in [3.05, 3.63) is 10.0 Å². The van der Waals surface area contributed by atoms with E-state index in [2.05, 4.69) is 43.2 Å². The number of hydrogen-bond donors (Lipinski definition) is 1. The number of nitrogens with one attached hydrogen (secondary N) is 1. The van der Waals surface area contributed by atoms with Crippen molar-refractivity contribution in [2.75, 3.05) is 7.05 Å². The number of hydrogen-bond acceptors (Lipinski definition) is 4. The van der Waals surface area contributed by atoms with Gasteiger partial charge >= 0.3 is 0 Å². The highest BCUT2D eigenvalue weighted by molar-refractivity contribution is 7.11. The van der Waals surface area contributed by atoms with Gasteiger partial charge in [0.15, 0.2) is 0 Å². The lowest BCUT2D eigenvalue weighted by Crippen LogP contribution is -2.14. The van der Waals surface area contributed by atoms with E-state index in [0.717, 1.165) is 22.9 Å². The highest BCUT2D eigenvalue weighted by Crippen LogP contribution is 2.26. The normalized spacial score (nSPS) is 14.2. The molecule has 15 heavy (non-hydrogen) atoms. The van der Waals surface area contributed by atoms with E-state index in [9.17, 15) is 0 Å². The predicted molar refractivity (Wildman–Crippen MR) is 65.2 cm³/mol. The van der Waals surface area contributed by atoms with Gasteiger partial charge in [-0.15, -0.1) is 10.2 Å². The molecule has 1 aromatic rings. The van der Waals surface area contributed by atoms with Crippen molar-refractivity contribution in [2.45, 2.75) is 46.6 Å². The number of nitrogens with zero attached hydrogens (tertiary/aromatic N) is 2. The number of rotatable bonds is 4. The van der Waals surface area contributed by atoms with E-state index in [0.29, 0.717) is 6.04 Å². The summed E-state index contributed by atoms with van der Waals surface area (Å²) in [5.41, 5.74) is 0.290. The molecule has 1 aromatic heterocycles. The van der Waals surface area contributed by atoms with Crippen molar-refractivity contribution < 1.29 is 0 Å². The molecular weight excluding hydrogens is 206 g/mol. The summed E-state index contributed by atoms with van der Waals surface area (Å²) in [6, 6.07) is 0.358. The summed E-state index contributed by atoms with van der Waals surface area (Å²) in [7, 11) is 1.97. The maximum Gasteiger partial charge on any atom is 0.134 e. The van der Waals surface area contributed by atoms with E-state index in [1.54, 1.807) is 11.3 Å². The molecule has 1 heterocycles. The fourth-order valence-electron chi connectivity index (χ4n) is 1.43. The van der Waals surface area contributed by atoms with Crippen LogP contribution in [0.1, 0.15) is 50.2 Å². The molecule has 0 aliphatic rings. The van der Waals surface area contributed by atoms with Crippen LogP contribution in [0.4, 0.5) is 0 Å². The minimum absolute atomic E-state index is 0.290. The molecule has 0 aliphatic heterocycles. The quantitative estimate of drug-likeness (QED) is 0.859. The van der Waals surface area contributed by atoms with Gasteiger partial charge in [0.25, 0.3) is 0 Å². The van der Waals surface area contributed by atoms with Crippen molar-refractivity contribution in [1.82, 2.24) is 15.5 Å². The SMILES string of the molecule is CCC(NC)c1nnc(CC(C)(C)C)s1. The Kier molecular flexibility index (Phi) is 4.22. The van der Waals surface area contributed by atoms with E-state index < -0.39 is 0 Å². The van der Waals surface area contributed by atoms with Crippen LogP contribution < -0.4 is 5.32 Å². The zero-order valence-corrected chi connectivity index (χ0v) is 11.1. The summed E-state index contributed by atoms with van der Waals surface area (Å²) in [5.74, 6) is 0. The topological polar surface area (TPSA) is 37.8 Å². The summed E-state index contributed by atoms with van der Waals surface area (Å²) < 4.78 is 0. The molecular formula is C11H21N3S. The van der Waals surface area contributed by atoms with Crippen LogP contribution in [0.5, 0.6) is 0 Å². The van der Waals surface area contributed by atoms with Crippen LogP contribution in [0, 0.1) is 5.41 Å². The molecule has 1 atom stereocenters. The highest BCUT2D eigenvalue weighted by atomic mass is 32.1. The second kappa shape index (κ2) is 5.03. The van der Waals surface area contributed by atoms with Gasteiger partial charge in [-0.1, -0.05) is 39.0 Å². The Morgan fingerprint density at radius 3 is 2.47 bits per heavy atom. The van der Waals surface area contributed by atoms with Crippen molar-refractivity contribution in [2.24, 2.45) is 5.41 Å². The molecule has 0 bridgehead atoms. The largest absolute Gasteiger partial charge is 0.311 e. The van der Waals surface area contributed by atoms with Crippen molar-refractivity contribution in [3.8, 4) is 0 Å². The van der Waals surface area contributed by atoms with E-state index in [-0.39, 0.29) is 5.41 Å². The van der Waals surface area contributed by atoms with Gasteiger partial charge < -0.3 is 5.32 Å². The van der Waals surface area contributed by atoms with Gasteiger partial charge in [-0.25, -0.2) is 0 Å². The molecule has 86 valence electrons. The molecule has 0 saturated heterocycles. The first kappa shape index (κ1) is 12.6. The lowest BCUT2D eigenvalue weighted by atomic mass is 9.93. The third kappa shape index (κ3) is 3.87. The van der Waals surface area contributed by atoms with Crippen LogP contribution >= 0.6 is 11.3 Å². The van der Waals surface area contributed by atoms with Gasteiger partial charge in [0.05, 0.1) is 6.04 Å². The van der Waals surface area contributed by atoms with Crippen LogP contribution in [0.3, 0.4) is 0 Å². The molecule has 0 fully saturated rings. The van der Waals surface area contributed by atoms with Crippen molar-refractivity contribution >= 4 is 11.3 Å². The van der Waals surface area contributed by atoms with Gasteiger partial charge in [0, 0.05) is 6.42 Å². The van der Waals surface area contributed by atoms with Gasteiger partial charge in [0.1, 0.15) is 10.0 Å². The number of aromatic nitrogens is 2. The Labute approximate surface area is 96.3 Å². The Hall–Kier alpha value is -0.480. The van der Waals surface area contributed by atoms with E-state index in [1.807, 2.05) is 7.05 Å². The molecule has 0 aliphatic carbocycles. The fourth-order valence-corrected chi connectivity index (χ4v) is 2.77. The lowest BCUT2D eigenvalue weighted by Gasteiger charge is -2.15. The summed E-state index contributed by atoms with van der Waals surface area (Å²) in [4.78, 5) is 0. The zero-order chi connectivity index (χ0) is 11.5. The molecule has 1 unspecified atom stereocenters. The molecule has 0 amide bonds. The van der Waals surface area contributed by atoms with Gasteiger partial charge in [0.2, 0.25) is 0 Å². The van der Waals surface area contributed by atoms with Gasteiger partial charge in [-0.05, 0) is 18.9 Å². The summed E-state index contributed by atoms with van der Waals surface area (Å²) in [5, 5.41) is 14.0. The molecule has 4 heteroatoms. The minimum atomic E-state index is 0.290. The third-order valence-corrected chi connectivity index (χ3v) is 3.26. The Morgan fingerprint density at radius 1 is 1.33 bits per heavy atom. The molecule has 1 rings (SSSR count). The van der Waals surface area contributed by atoms with E-state index in [1.165, 1.54) is 0 Å². The summed E-state index contributed by atoms with van der Waals surface area (Å²) >= 11 is 1.73. The van der Waals surface area contributed by atoms with Crippen LogP contribution in [0.15, 0.2) is 0 Å². The highest BCUT2D eigenvalue weighted by Gasteiger charge is 2.17. The zero-order valence-electron chi connectivity index (χ0n) is 10.3. The average molecular weight is 227 g/mol. The maximum atomic E-state index is 4.25. The van der Waals surface area contributed by atoms with Crippen LogP contribution in [-0.4, -0.2) is 17.2 Å². The fraction of sp³-hybridized carbons (Fsp3) is 0.818.